The summed E-state index contributed by atoms with van der Waals surface area (Å²) in [5.41, 5.74) is 4.85. The van der Waals surface area contributed by atoms with Gasteiger partial charge in [-0.15, -0.1) is 6.58 Å². The van der Waals surface area contributed by atoms with Crippen LogP contribution in [0.15, 0.2) is 65.8 Å². The number of rotatable bonds is 8. The maximum absolute atomic E-state index is 13.4. The maximum Gasteiger partial charge on any atom is 0.257 e. The van der Waals surface area contributed by atoms with Crippen molar-refractivity contribution in [2.24, 2.45) is 0 Å². The molecule has 0 bridgehead atoms. The standard InChI is InChI=1S/C27H27N5O3/c1-5-12-32-24-14-19(34-4)10-11-22(24)29-26(32)23(30-27(33)25-16(2)31-35-17(25)3)13-18-15-28-21-9-7-6-8-20(18)21/h5-11,14-15,23,28H,1,12-13H2,2-4H3,(H,30,33). The number of aromatic amines is 1. The Labute approximate surface area is 202 Å². The topological polar surface area (TPSA) is 98.0 Å². The highest BCUT2D eigenvalue weighted by Gasteiger charge is 2.27. The van der Waals surface area contributed by atoms with E-state index in [-0.39, 0.29) is 5.91 Å². The van der Waals surface area contributed by atoms with Gasteiger partial charge in [-0.2, -0.15) is 0 Å². The van der Waals surface area contributed by atoms with E-state index in [4.69, 9.17) is 14.2 Å². The zero-order valence-electron chi connectivity index (χ0n) is 20.0. The largest absolute Gasteiger partial charge is 0.497 e. The number of imidazole rings is 1. The summed E-state index contributed by atoms with van der Waals surface area (Å²) in [7, 11) is 1.64. The second-order valence-corrected chi connectivity index (χ2v) is 8.51. The third kappa shape index (κ3) is 4.07. The molecule has 1 unspecified atom stereocenters. The number of aryl methyl sites for hydroxylation is 2. The fraction of sp³-hybridized carbons (Fsp3) is 0.222. The van der Waals surface area contributed by atoms with E-state index in [0.29, 0.717) is 30.0 Å². The summed E-state index contributed by atoms with van der Waals surface area (Å²) in [5, 5.41) is 8.26. The average Bonchev–Trinajstić information content (AvgIpc) is 3.54. The summed E-state index contributed by atoms with van der Waals surface area (Å²) in [5.74, 6) is 1.71. The zero-order valence-corrected chi connectivity index (χ0v) is 20.0. The Morgan fingerprint density at radius 2 is 2.11 bits per heavy atom. The van der Waals surface area contributed by atoms with Crippen LogP contribution in [0.3, 0.4) is 0 Å². The Morgan fingerprint density at radius 3 is 2.86 bits per heavy atom. The van der Waals surface area contributed by atoms with Gasteiger partial charge in [0.25, 0.3) is 5.91 Å². The third-order valence-electron chi connectivity index (χ3n) is 6.27. The van der Waals surface area contributed by atoms with Gasteiger partial charge in [0.05, 0.1) is 29.9 Å². The van der Waals surface area contributed by atoms with Crippen LogP contribution in [-0.2, 0) is 13.0 Å². The molecule has 0 saturated carbocycles. The van der Waals surface area contributed by atoms with Crippen LogP contribution in [0.4, 0.5) is 0 Å². The molecule has 3 heterocycles. The van der Waals surface area contributed by atoms with E-state index in [1.165, 1.54) is 0 Å². The first-order valence-corrected chi connectivity index (χ1v) is 11.4. The molecule has 2 aromatic carbocycles. The Balaban J connectivity index is 1.63. The number of H-pyrrole nitrogens is 1. The number of carbonyl (C=O) groups is 1. The van der Waals surface area contributed by atoms with Gasteiger partial charge in [-0.25, -0.2) is 4.98 Å². The molecule has 0 aliphatic rings. The van der Waals surface area contributed by atoms with Gasteiger partial charge >= 0.3 is 0 Å². The summed E-state index contributed by atoms with van der Waals surface area (Å²) in [6, 6.07) is 13.5. The Kier molecular flexibility index (Phi) is 5.86. The van der Waals surface area contributed by atoms with Gasteiger partial charge in [-0.1, -0.05) is 29.4 Å². The van der Waals surface area contributed by atoms with Crippen LogP contribution in [0.2, 0.25) is 0 Å². The van der Waals surface area contributed by atoms with E-state index in [0.717, 1.165) is 39.1 Å². The van der Waals surface area contributed by atoms with Crippen LogP contribution in [0.5, 0.6) is 5.75 Å². The summed E-state index contributed by atoms with van der Waals surface area (Å²) in [4.78, 5) is 21.7. The summed E-state index contributed by atoms with van der Waals surface area (Å²) in [6.07, 6.45) is 4.35. The molecule has 5 rings (SSSR count). The Morgan fingerprint density at radius 1 is 1.29 bits per heavy atom. The number of hydrogen-bond acceptors (Lipinski definition) is 5. The normalized spacial score (nSPS) is 12.2. The molecule has 8 nitrogen and oxygen atoms in total. The molecule has 1 amide bonds. The number of fused-ring (bicyclic) bond motifs is 2. The van der Waals surface area contributed by atoms with Gasteiger partial charge in [-0.05, 0) is 37.6 Å². The molecule has 8 heteroatoms. The average molecular weight is 470 g/mol. The number of nitrogens with zero attached hydrogens (tertiary/aromatic N) is 3. The zero-order chi connectivity index (χ0) is 24.5. The lowest BCUT2D eigenvalue weighted by molar-refractivity contribution is 0.0932. The van der Waals surface area contributed by atoms with Gasteiger partial charge in [0, 0.05) is 36.1 Å². The van der Waals surface area contributed by atoms with Crippen molar-refractivity contribution in [2.45, 2.75) is 32.9 Å². The number of carbonyl (C=O) groups excluding carboxylic acids is 1. The van der Waals surface area contributed by atoms with Crippen LogP contribution in [-0.4, -0.2) is 32.7 Å². The molecule has 1 atom stereocenters. The van der Waals surface area contributed by atoms with Gasteiger partial charge in [0.15, 0.2) is 0 Å². The van der Waals surface area contributed by atoms with E-state index in [1.54, 1.807) is 21.0 Å². The molecular formula is C27H27N5O3. The monoisotopic (exact) mass is 469 g/mol. The lowest BCUT2D eigenvalue weighted by Gasteiger charge is -2.20. The van der Waals surface area contributed by atoms with Crippen molar-refractivity contribution in [3.8, 4) is 5.75 Å². The van der Waals surface area contributed by atoms with Crippen molar-refractivity contribution in [1.29, 1.82) is 0 Å². The van der Waals surface area contributed by atoms with Crippen molar-refractivity contribution in [3.05, 3.63) is 89.7 Å². The van der Waals surface area contributed by atoms with Crippen molar-refractivity contribution in [2.75, 3.05) is 7.11 Å². The Hall–Kier alpha value is -4.33. The molecule has 0 aliphatic carbocycles. The molecular weight excluding hydrogens is 442 g/mol. The molecule has 35 heavy (non-hydrogen) atoms. The fourth-order valence-electron chi connectivity index (χ4n) is 4.60. The quantitative estimate of drug-likeness (QED) is 0.311. The number of hydrogen-bond donors (Lipinski definition) is 2. The SMILES string of the molecule is C=CCn1c(C(Cc2c[nH]c3ccccc23)NC(=O)c2c(C)noc2C)nc2ccc(OC)cc21. The van der Waals surface area contributed by atoms with Crippen LogP contribution < -0.4 is 10.1 Å². The molecule has 0 spiro atoms. The van der Waals surface area contributed by atoms with E-state index >= 15 is 0 Å². The number of ether oxygens (including phenoxy) is 1. The van der Waals surface area contributed by atoms with Crippen LogP contribution in [0.25, 0.3) is 21.9 Å². The lowest BCUT2D eigenvalue weighted by atomic mass is 10.0. The number of nitrogens with one attached hydrogen (secondary N) is 2. The highest BCUT2D eigenvalue weighted by Crippen LogP contribution is 2.29. The van der Waals surface area contributed by atoms with E-state index in [9.17, 15) is 4.79 Å². The molecule has 0 saturated heterocycles. The predicted octanol–water partition coefficient (Wildman–Crippen LogP) is 5.03. The van der Waals surface area contributed by atoms with E-state index < -0.39 is 6.04 Å². The molecule has 178 valence electrons. The number of aromatic nitrogens is 4. The van der Waals surface area contributed by atoms with E-state index in [1.807, 2.05) is 48.7 Å². The van der Waals surface area contributed by atoms with Gasteiger partial charge in [0.2, 0.25) is 0 Å². The summed E-state index contributed by atoms with van der Waals surface area (Å²) < 4.78 is 12.7. The first-order valence-electron chi connectivity index (χ1n) is 11.4. The highest BCUT2D eigenvalue weighted by atomic mass is 16.5. The minimum atomic E-state index is -0.422. The lowest BCUT2D eigenvalue weighted by Crippen LogP contribution is -2.32. The van der Waals surface area contributed by atoms with Crippen molar-refractivity contribution in [1.82, 2.24) is 25.0 Å². The second kappa shape index (κ2) is 9.13. The number of methoxy groups -OCH3 is 1. The van der Waals surface area contributed by atoms with Crippen molar-refractivity contribution in [3.63, 3.8) is 0 Å². The molecule has 0 fully saturated rings. The highest BCUT2D eigenvalue weighted by molar-refractivity contribution is 5.96. The molecule has 2 N–H and O–H groups in total. The smallest absolute Gasteiger partial charge is 0.257 e. The Bertz CT molecular complexity index is 1520. The number of benzene rings is 2. The van der Waals surface area contributed by atoms with Gasteiger partial charge in [0.1, 0.15) is 22.9 Å². The first-order chi connectivity index (χ1) is 17.0. The molecule has 3 aromatic heterocycles. The maximum atomic E-state index is 13.4. The van der Waals surface area contributed by atoms with E-state index in [2.05, 4.69) is 32.7 Å². The second-order valence-electron chi connectivity index (χ2n) is 8.51. The predicted molar refractivity (Wildman–Crippen MR) is 135 cm³/mol. The first kappa shape index (κ1) is 22.5. The van der Waals surface area contributed by atoms with Crippen molar-refractivity contribution >= 4 is 27.8 Å². The van der Waals surface area contributed by atoms with Crippen molar-refractivity contribution < 1.29 is 14.1 Å². The van der Waals surface area contributed by atoms with Gasteiger partial charge < -0.3 is 24.1 Å². The minimum Gasteiger partial charge on any atom is -0.497 e. The molecule has 0 aliphatic heterocycles. The van der Waals surface area contributed by atoms with Crippen LogP contribution in [0, 0.1) is 13.8 Å². The summed E-state index contributed by atoms with van der Waals surface area (Å²) >= 11 is 0. The van der Waals surface area contributed by atoms with Crippen LogP contribution in [0.1, 0.15) is 39.2 Å². The number of amides is 1. The minimum absolute atomic E-state index is 0.249. The number of para-hydroxylation sites is 1. The molecule has 5 aromatic rings. The third-order valence-corrected chi connectivity index (χ3v) is 6.27. The fourth-order valence-corrected chi connectivity index (χ4v) is 4.60. The number of allylic oxidation sites excluding steroid dienone is 1. The summed E-state index contributed by atoms with van der Waals surface area (Å²) in [6.45, 7) is 7.97. The molecule has 0 radical (unpaired) electrons. The van der Waals surface area contributed by atoms with Gasteiger partial charge in [-0.3, -0.25) is 4.79 Å². The van der Waals surface area contributed by atoms with Crippen LogP contribution >= 0.6 is 0 Å².